The summed E-state index contributed by atoms with van der Waals surface area (Å²) in [5.74, 6) is 0. The van der Waals surface area contributed by atoms with Crippen molar-refractivity contribution in [2.75, 3.05) is 39.9 Å². The molecule has 18 heavy (non-hydrogen) atoms. The van der Waals surface area contributed by atoms with Gasteiger partial charge in [-0.1, -0.05) is 19.3 Å². The normalized spacial score (nSPS) is 17.5. The summed E-state index contributed by atoms with van der Waals surface area (Å²) in [6.07, 6.45) is 9.55. The number of nitrogens with zero attached hydrogens (tertiary/aromatic N) is 1. The first-order chi connectivity index (χ1) is 8.84. The van der Waals surface area contributed by atoms with Crippen LogP contribution in [0.15, 0.2) is 0 Å². The van der Waals surface area contributed by atoms with E-state index in [0.717, 1.165) is 38.8 Å². The standard InChI is InChI=1S/C15H32N2O/c1-3-18-14-8-12-16-11-7-13-17(2)15-9-5-4-6-10-15/h15-16H,3-14H2,1-2H3. The number of ether oxygens (including phenoxy) is 1. The zero-order chi connectivity index (χ0) is 13.1. The van der Waals surface area contributed by atoms with Crippen molar-refractivity contribution < 1.29 is 4.74 Å². The molecule has 0 radical (unpaired) electrons. The summed E-state index contributed by atoms with van der Waals surface area (Å²) in [6, 6.07) is 0.858. The lowest BCUT2D eigenvalue weighted by Crippen LogP contribution is -2.35. The molecule has 0 spiro atoms. The fourth-order valence-corrected chi connectivity index (χ4v) is 2.73. The van der Waals surface area contributed by atoms with Crippen LogP contribution in [0.25, 0.3) is 0 Å². The summed E-state index contributed by atoms with van der Waals surface area (Å²) >= 11 is 0. The lowest BCUT2D eigenvalue weighted by Gasteiger charge is -2.31. The molecule has 0 heterocycles. The average Bonchev–Trinajstić information content (AvgIpc) is 2.42. The number of hydrogen-bond acceptors (Lipinski definition) is 3. The second-order valence-corrected chi connectivity index (χ2v) is 5.43. The van der Waals surface area contributed by atoms with Crippen LogP contribution in [-0.4, -0.2) is 50.8 Å². The Kier molecular flexibility index (Phi) is 9.54. The molecule has 1 N–H and O–H groups in total. The number of hydrogen-bond donors (Lipinski definition) is 1. The second-order valence-electron chi connectivity index (χ2n) is 5.43. The predicted octanol–water partition coefficient (Wildman–Crippen LogP) is 2.66. The second kappa shape index (κ2) is 10.8. The molecule has 0 aromatic heterocycles. The van der Waals surface area contributed by atoms with Crippen molar-refractivity contribution in [2.45, 2.75) is 57.9 Å². The maximum Gasteiger partial charge on any atom is 0.0477 e. The third-order valence-electron chi connectivity index (χ3n) is 3.91. The lowest BCUT2D eigenvalue weighted by atomic mass is 9.94. The molecule has 0 unspecified atom stereocenters. The molecule has 0 amide bonds. The Morgan fingerprint density at radius 3 is 2.56 bits per heavy atom. The van der Waals surface area contributed by atoms with Crippen LogP contribution < -0.4 is 5.32 Å². The van der Waals surface area contributed by atoms with Gasteiger partial charge in [-0.15, -0.1) is 0 Å². The van der Waals surface area contributed by atoms with Crippen molar-refractivity contribution in [1.82, 2.24) is 10.2 Å². The van der Waals surface area contributed by atoms with Crippen LogP contribution in [0.4, 0.5) is 0 Å². The molecule has 3 nitrogen and oxygen atoms in total. The first-order valence-electron chi connectivity index (χ1n) is 7.83. The minimum absolute atomic E-state index is 0.839. The molecule has 0 aromatic rings. The summed E-state index contributed by atoms with van der Waals surface area (Å²) in [5, 5.41) is 3.50. The van der Waals surface area contributed by atoms with E-state index in [1.807, 2.05) is 0 Å². The molecule has 1 fully saturated rings. The minimum Gasteiger partial charge on any atom is -0.382 e. The highest BCUT2D eigenvalue weighted by molar-refractivity contribution is 4.73. The Morgan fingerprint density at radius 2 is 1.83 bits per heavy atom. The van der Waals surface area contributed by atoms with E-state index in [2.05, 4.69) is 24.2 Å². The van der Waals surface area contributed by atoms with E-state index >= 15 is 0 Å². The van der Waals surface area contributed by atoms with Gasteiger partial charge in [-0.3, -0.25) is 0 Å². The first kappa shape index (κ1) is 15.9. The van der Waals surface area contributed by atoms with Crippen LogP contribution in [-0.2, 0) is 4.74 Å². The van der Waals surface area contributed by atoms with Gasteiger partial charge in [0.05, 0.1) is 0 Å². The third kappa shape index (κ3) is 7.34. The fourth-order valence-electron chi connectivity index (χ4n) is 2.73. The van der Waals surface area contributed by atoms with Crippen LogP contribution in [0.3, 0.4) is 0 Å². The van der Waals surface area contributed by atoms with E-state index in [0.29, 0.717) is 0 Å². The molecule has 1 aliphatic rings. The van der Waals surface area contributed by atoms with Gasteiger partial charge in [0.25, 0.3) is 0 Å². The van der Waals surface area contributed by atoms with Gasteiger partial charge in [-0.05, 0) is 59.3 Å². The average molecular weight is 256 g/mol. The van der Waals surface area contributed by atoms with Crippen LogP contribution in [0, 0.1) is 0 Å². The summed E-state index contributed by atoms with van der Waals surface area (Å²) in [5.41, 5.74) is 0. The Morgan fingerprint density at radius 1 is 1.11 bits per heavy atom. The maximum absolute atomic E-state index is 5.31. The number of rotatable bonds is 10. The van der Waals surface area contributed by atoms with Gasteiger partial charge in [0.15, 0.2) is 0 Å². The van der Waals surface area contributed by atoms with Gasteiger partial charge >= 0.3 is 0 Å². The van der Waals surface area contributed by atoms with Crippen molar-refractivity contribution in [2.24, 2.45) is 0 Å². The predicted molar refractivity (Wildman–Crippen MR) is 78.1 cm³/mol. The highest BCUT2D eigenvalue weighted by atomic mass is 16.5. The first-order valence-corrected chi connectivity index (χ1v) is 7.83. The summed E-state index contributed by atoms with van der Waals surface area (Å²) in [7, 11) is 2.30. The summed E-state index contributed by atoms with van der Waals surface area (Å²) in [6.45, 7) is 7.26. The zero-order valence-corrected chi connectivity index (χ0v) is 12.4. The summed E-state index contributed by atoms with van der Waals surface area (Å²) in [4.78, 5) is 2.57. The smallest absolute Gasteiger partial charge is 0.0477 e. The molecule has 3 heteroatoms. The number of nitrogens with one attached hydrogen (secondary N) is 1. The van der Waals surface area contributed by atoms with E-state index in [9.17, 15) is 0 Å². The van der Waals surface area contributed by atoms with Gasteiger partial charge in [0, 0.05) is 19.3 Å². The van der Waals surface area contributed by atoms with E-state index in [1.54, 1.807) is 0 Å². The molecule has 108 valence electrons. The quantitative estimate of drug-likeness (QED) is 0.608. The van der Waals surface area contributed by atoms with Crippen LogP contribution in [0.5, 0.6) is 0 Å². The molecule has 1 rings (SSSR count). The van der Waals surface area contributed by atoms with Crippen molar-refractivity contribution >= 4 is 0 Å². The van der Waals surface area contributed by atoms with Crippen molar-refractivity contribution in [1.29, 1.82) is 0 Å². The summed E-state index contributed by atoms with van der Waals surface area (Å²) < 4.78 is 5.31. The van der Waals surface area contributed by atoms with Crippen LogP contribution in [0.2, 0.25) is 0 Å². The van der Waals surface area contributed by atoms with Gasteiger partial charge in [0.1, 0.15) is 0 Å². The molecule has 0 atom stereocenters. The Balaban J connectivity index is 1.87. The van der Waals surface area contributed by atoms with E-state index in [4.69, 9.17) is 4.74 Å². The molecule has 0 bridgehead atoms. The molecule has 0 saturated heterocycles. The Labute approximate surface area is 113 Å². The largest absolute Gasteiger partial charge is 0.382 e. The van der Waals surface area contributed by atoms with Crippen LogP contribution in [0.1, 0.15) is 51.9 Å². The monoisotopic (exact) mass is 256 g/mol. The molecule has 0 aromatic carbocycles. The topological polar surface area (TPSA) is 24.5 Å². The molecule has 0 aliphatic heterocycles. The fraction of sp³-hybridized carbons (Fsp3) is 1.00. The maximum atomic E-state index is 5.31. The Hall–Kier alpha value is -0.120. The highest BCUT2D eigenvalue weighted by Crippen LogP contribution is 2.21. The molecule has 1 aliphatic carbocycles. The highest BCUT2D eigenvalue weighted by Gasteiger charge is 2.16. The van der Waals surface area contributed by atoms with Gasteiger partial charge < -0.3 is 15.0 Å². The third-order valence-corrected chi connectivity index (χ3v) is 3.91. The molecule has 1 saturated carbocycles. The van der Waals surface area contributed by atoms with Gasteiger partial charge in [-0.25, -0.2) is 0 Å². The van der Waals surface area contributed by atoms with Crippen molar-refractivity contribution in [3.63, 3.8) is 0 Å². The van der Waals surface area contributed by atoms with E-state index < -0.39 is 0 Å². The van der Waals surface area contributed by atoms with Crippen molar-refractivity contribution in [3.05, 3.63) is 0 Å². The minimum atomic E-state index is 0.839. The Bertz CT molecular complexity index is 181. The van der Waals surface area contributed by atoms with Gasteiger partial charge in [0.2, 0.25) is 0 Å². The van der Waals surface area contributed by atoms with Gasteiger partial charge in [-0.2, -0.15) is 0 Å². The SMILES string of the molecule is CCOCCCNCCCN(C)C1CCCCC1. The molecular formula is C15H32N2O. The molecular weight excluding hydrogens is 224 g/mol. The van der Waals surface area contributed by atoms with E-state index in [-0.39, 0.29) is 0 Å². The lowest BCUT2D eigenvalue weighted by molar-refractivity contribution is 0.144. The van der Waals surface area contributed by atoms with Crippen molar-refractivity contribution in [3.8, 4) is 0 Å². The van der Waals surface area contributed by atoms with Crippen LogP contribution >= 0.6 is 0 Å². The van der Waals surface area contributed by atoms with E-state index in [1.165, 1.54) is 45.1 Å². The zero-order valence-electron chi connectivity index (χ0n) is 12.4.